The van der Waals surface area contributed by atoms with Crippen molar-refractivity contribution in [1.82, 2.24) is 0 Å². The summed E-state index contributed by atoms with van der Waals surface area (Å²) < 4.78 is 0. The van der Waals surface area contributed by atoms with Gasteiger partial charge in [0.15, 0.2) is 0 Å². The Bertz CT molecular complexity index is 189. The molecule has 2 rings (SSSR count). The average molecular weight is 135 g/mol. The van der Waals surface area contributed by atoms with E-state index in [0.717, 1.165) is 0 Å². The molecule has 2 atom stereocenters. The highest BCUT2D eigenvalue weighted by Crippen LogP contribution is 2.32. The first-order valence-corrected chi connectivity index (χ1v) is 3.99. The fourth-order valence-electron chi connectivity index (χ4n) is 1.06. The SMILES string of the molecule is [C]1=CSC2C=CC=CC12. The summed E-state index contributed by atoms with van der Waals surface area (Å²) in [6.45, 7) is 0. The Morgan fingerprint density at radius 3 is 3.00 bits per heavy atom. The van der Waals surface area contributed by atoms with Crippen molar-refractivity contribution in [3.8, 4) is 0 Å². The zero-order valence-electron chi connectivity index (χ0n) is 4.95. The van der Waals surface area contributed by atoms with Gasteiger partial charge in [-0.3, -0.25) is 0 Å². The summed E-state index contributed by atoms with van der Waals surface area (Å²) >= 11 is 1.85. The largest absolute Gasteiger partial charge is 0.125 e. The lowest BCUT2D eigenvalue weighted by molar-refractivity contribution is 0.834. The first-order valence-electron chi connectivity index (χ1n) is 3.05. The summed E-state index contributed by atoms with van der Waals surface area (Å²) in [6, 6.07) is 0. The van der Waals surface area contributed by atoms with Gasteiger partial charge in [0.1, 0.15) is 0 Å². The Hall–Kier alpha value is -0.430. The van der Waals surface area contributed by atoms with Gasteiger partial charge in [0.2, 0.25) is 0 Å². The Morgan fingerprint density at radius 1 is 1.22 bits per heavy atom. The number of fused-ring (bicyclic) bond motifs is 1. The molecule has 0 amide bonds. The molecule has 0 aromatic carbocycles. The van der Waals surface area contributed by atoms with Gasteiger partial charge in [0.25, 0.3) is 0 Å². The highest BCUT2D eigenvalue weighted by molar-refractivity contribution is 8.03. The molecule has 0 saturated heterocycles. The van der Waals surface area contributed by atoms with Gasteiger partial charge < -0.3 is 0 Å². The molecule has 9 heavy (non-hydrogen) atoms. The molecule has 0 aromatic heterocycles. The molecule has 0 spiro atoms. The average Bonchev–Trinajstić information content (AvgIpc) is 2.33. The topological polar surface area (TPSA) is 0 Å². The monoisotopic (exact) mass is 135 g/mol. The van der Waals surface area contributed by atoms with E-state index in [1.54, 1.807) is 0 Å². The number of thioether (sulfide) groups is 1. The summed E-state index contributed by atoms with van der Waals surface area (Å²) in [5.41, 5.74) is 0. The lowest BCUT2D eigenvalue weighted by Gasteiger charge is -2.11. The summed E-state index contributed by atoms with van der Waals surface area (Å²) in [5, 5.41) is 2.71. The van der Waals surface area contributed by atoms with Crippen LogP contribution in [0.25, 0.3) is 0 Å². The van der Waals surface area contributed by atoms with Crippen LogP contribution >= 0.6 is 11.8 Å². The van der Waals surface area contributed by atoms with Gasteiger partial charge in [-0.1, -0.05) is 24.3 Å². The highest BCUT2D eigenvalue weighted by Gasteiger charge is 2.19. The second-order valence-electron chi connectivity index (χ2n) is 2.18. The molecule has 45 valence electrons. The predicted molar refractivity (Wildman–Crippen MR) is 41.0 cm³/mol. The molecule has 0 fully saturated rings. The van der Waals surface area contributed by atoms with Crippen LogP contribution in [0.2, 0.25) is 0 Å². The number of rotatable bonds is 0. The van der Waals surface area contributed by atoms with Crippen LogP contribution in [0.3, 0.4) is 0 Å². The molecule has 0 N–H and O–H groups in total. The van der Waals surface area contributed by atoms with Gasteiger partial charge in [-0.2, -0.15) is 0 Å². The van der Waals surface area contributed by atoms with Crippen molar-refractivity contribution in [2.75, 3.05) is 0 Å². The van der Waals surface area contributed by atoms with Gasteiger partial charge >= 0.3 is 0 Å². The minimum Gasteiger partial charge on any atom is -0.125 e. The van der Waals surface area contributed by atoms with Crippen LogP contribution in [-0.2, 0) is 0 Å². The molecule has 0 nitrogen and oxygen atoms in total. The van der Waals surface area contributed by atoms with Crippen LogP contribution in [0, 0.1) is 12.0 Å². The first-order chi connectivity index (χ1) is 4.47. The Kier molecular flexibility index (Phi) is 1.23. The van der Waals surface area contributed by atoms with E-state index in [-0.39, 0.29) is 0 Å². The molecule has 2 aliphatic rings. The molecular formula is C8H7S. The Morgan fingerprint density at radius 2 is 2.11 bits per heavy atom. The van der Waals surface area contributed by atoms with E-state index in [4.69, 9.17) is 0 Å². The van der Waals surface area contributed by atoms with E-state index in [0.29, 0.717) is 11.2 Å². The number of hydrogen-bond acceptors (Lipinski definition) is 1. The fraction of sp³-hybridized carbons (Fsp3) is 0.250. The maximum atomic E-state index is 3.26. The third-order valence-corrected chi connectivity index (χ3v) is 2.61. The van der Waals surface area contributed by atoms with E-state index in [1.165, 1.54) is 0 Å². The molecule has 0 aromatic rings. The molecule has 1 aliphatic carbocycles. The van der Waals surface area contributed by atoms with Crippen LogP contribution in [0.1, 0.15) is 0 Å². The van der Waals surface area contributed by atoms with E-state index in [2.05, 4.69) is 35.8 Å². The van der Waals surface area contributed by atoms with Crippen LogP contribution in [0.5, 0.6) is 0 Å². The maximum Gasteiger partial charge on any atom is 0.0375 e. The second-order valence-corrected chi connectivity index (χ2v) is 3.23. The van der Waals surface area contributed by atoms with E-state index in [1.807, 2.05) is 11.8 Å². The van der Waals surface area contributed by atoms with Gasteiger partial charge in [-0.25, -0.2) is 0 Å². The standard InChI is InChI=1S/C8H7S/c1-2-4-8-7(3-1)5-6-9-8/h1-4,6-8H. The predicted octanol–water partition coefficient (Wildman–Crippen LogP) is 2.16. The summed E-state index contributed by atoms with van der Waals surface area (Å²) in [5.74, 6) is 0.556. The third kappa shape index (κ3) is 0.855. The lowest BCUT2D eigenvalue weighted by Crippen LogP contribution is -2.07. The zero-order chi connectivity index (χ0) is 6.10. The minimum atomic E-state index is 0.556. The molecule has 0 bridgehead atoms. The van der Waals surface area contributed by atoms with Gasteiger partial charge in [0, 0.05) is 11.2 Å². The van der Waals surface area contributed by atoms with Crippen molar-refractivity contribution >= 4 is 11.8 Å². The second kappa shape index (κ2) is 2.07. The summed E-state index contributed by atoms with van der Waals surface area (Å²) in [6.07, 6.45) is 11.9. The quantitative estimate of drug-likeness (QED) is 0.490. The van der Waals surface area contributed by atoms with Crippen LogP contribution in [0.4, 0.5) is 0 Å². The minimum absolute atomic E-state index is 0.556. The highest BCUT2D eigenvalue weighted by atomic mass is 32.2. The Balaban J connectivity index is 2.25. The first kappa shape index (κ1) is 5.36. The van der Waals surface area contributed by atoms with Crippen molar-refractivity contribution < 1.29 is 0 Å². The molecule has 1 radical (unpaired) electrons. The molecule has 2 unspecified atom stereocenters. The van der Waals surface area contributed by atoms with Crippen molar-refractivity contribution in [3.05, 3.63) is 35.8 Å². The zero-order valence-corrected chi connectivity index (χ0v) is 5.77. The van der Waals surface area contributed by atoms with E-state index < -0.39 is 0 Å². The number of allylic oxidation sites excluding steroid dienone is 4. The smallest absolute Gasteiger partial charge is 0.0375 e. The molecule has 1 heterocycles. The maximum absolute atomic E-state index is 3.26. The van der Waals surface area contributed by atoms with Crippen LogP contribution in [0.15, 0.2) is 29.7 Å². The molecular weight excluding hydrogens is 128 g/mol. The normalized spacial score (nSPS) is 37.3. The van der Waals surface area contributed by atoms with E-state index in [9.17, 15) is 0 Å². The van der Waals surface area contributed by atoms with Crippen molar-refractivity contribution in [2.45, 2.75) is 5.25 Å². The Labute approximate surface area is 59.3 Å². The van der Waals surface area contributed by atoms with Gasteiger partial charge in [0.05, 0.1) is 0 Å². The lowest BCUT2D eigenvalue weighted by atomic mass is 10.0. The number of hydrogen-bond donors (Lipinski definition) is 0. The van der Waals surface area contributed by atoms with Crippen molar-refractivity contribution in [1.29, 1.82) is 0 Å². The third-order valence-electron chi connectivity index (χ3n) is 1.57. The van der Waals surface area contributed by atoms with Gasteiger partial charge in [-0.15, -0.1) is 11.8 Å². The summed E-state index contributed by atoms with van der Waals surface area (Å²) in [7, 11) is 0. The molecule has 1 aliphatic heterocycles. The van der Waals surface area contributed by atoms with Crippen molar-refractivity contribution in [3.63, 3.8) is 0 Å². The van der Waals surface area contributed by atoms with Gasteiger partial charge in [-0.05, 0) is 11.5 Å². The van der Waals surface area contributed by atoms with Crippen LogP contribution < -0.4 is 0 Å². The summed E-state index contributed by atoms with van der Waals surface area (Å²) in [4.78, 5) is 0. The van der Waals surface area contributed by atoms with E-state index >= 15 is 0 Å². The van der Waals surface area contributed by atoms with Crippen LogP contribution in [-0.4, -0.2) is 5.25 Å². The molecule has 1 heteroatoms. The fourth-order valence-corrected chi connectivity index (χ4v) is 1.98. The molecule has 0 saturated carbocycles. The van der Waals surface area contributed by atoms with Crippen molar-refractivity contribution in [2.24, 2.45) is 5.92 Å².